The lowest BCUT2D eigenvalue weighted by Crippen LogP contribution is -2.70. The molecule has 2 amide bonds. The molecular formula is C50H55FN4O11. The van der Waals surface area contributed by atoms with Crippen LogP contribution in [0, 0.1) is 33.7 Å². The fourth-order valence-electron chi connectivity index (χ4n) is 9.62. The Hall–Kier alpha value is -6.62. The number of non-ortho nitro benzene ring substituents is 1. The molecule has 1 fully saturated rings. The molecule has 0 bridgehead atoms. The van der Waals surface area contributed by atoms with Crippen LogP contribution in [0.25, 0.3) is 0 Å². The van der Waals surface area contributed by atoms with E-state index in [0.29, 0.717) is 49.1 Å². The van der Waals surface area contributed by atoms with Crippen LogP contribution < -0.4 is 19.5 Å². The smallest absolute Gasteiger partial charge is 0.416 e. The maximum absolute atomic E-state index is 14.9. The van der Waals surface area contributed by atoms with Crippen LogP contribution in [-0.2, 0) is 22.7 Å². The molecule has 0 radical (unpaired) electrons. The molecular weight excluding hydrogens is 852 g/mol. The number of oxime groups is 1. The van der Waals surface area contributed by atoms with E-state index in [1.165, 1.54) is 48.4 Å². The zero-order valence-electron chi connectivity index (χ0n) is 36.8. The van der Waals surface area contributed by atoms with E-state index in [2.05, 4.69) is 23.1 Å². The number of aliphatic hydroxyl groups is 2. The van der Waals surface area contributed by atoms with E-state index in [9.17, 15) is 34.3 Å². The predicted octanol–water partition coefficient (Wildman–Crippen LogP) is 8.99. The van der Waals surface area contributed by atoms with Crippen LogP contribution in [0.4, 0.5) is 19.7 Å². The zero-order chi connectivity index (χ0) is 46.6. The van der Waals surface area contributed by atoms with E-state index in [4.69, 9.17) is 23.8 Å². The molecule has 0 spiro atoms. The number of hydrogen-bond donors (Lipinski definition) is 3. The van der Waals surface area contributed by atoms with Crippen molar-refractivity contribution in [3.05, 3.63) is 154 Å². The molecule has 1 heterocycles. The number of benzene rings is 4. The minimum Gasteiger partial charge on any atom is -0.459 e. The Morgan fingerprint density at radius 3 is 2.35 bits per heavy atom. The van der Waals surface area contributed by atoms with Crippen LogP contribution in [-0.4, -0.2) is 76.7 Å². The van der Waals surface area contributed by atoms with E-state index in [1.807, 2.05) is 36.4 Å². The predicted molar refractivity (Wildman–Crippen MR) is 242 cm³/mol. The number of aliphatic hydroxyl groups excluding tert-OH is 2. The van der Waals surface area contributed by atoms with Gasteiger partial charge in [-0.15, -0.1) is 6.58 Å². The highest BCUT2D eigenvalue weighted by Gasteiger charge is 2.65. The molecule has 6 atom stereocenters. The first kappa shape index (κ1) is 47.3. The molecule has 1 saturated carbocycles. The second-order valence-corrected chi connectivity index (χ2v) is 16.6. The van der Waals surface area contributed by atoms with Crippen molar-refractivity contribution in [1.29, 1.82) is 0 Å². The van der Waals surface area contributed by atoms with Gasteiger partial charge in [0.25, 0.3) is 5.69 Å². The van der Waals surface area contributed by atoms with Crippen LogP contribution in [0.2, 0.25) is 0 Å². The van der Waals surface area contributed by atoms with Gasteiger partial charge in [0, 0.05) is 56.3 Å². The van der Waals surface area contributed by atoms with Gasteiger partial charge in [0.2, 0.25) is 5.79 Å². The molecule has 4 aromatic rings. The number of nitrogens with one attached hydrogen (secondary N) is 1. The van der Waals surface area contributed by atoms with Crippen molar-refractivity contribution in [2.45, 2.75) is 75.8 Å². The first-order valence-electron chi connectivity index (χ1n) is 22.2. The Labute approximate surface area is 382 Å². The number of rotatable bonds is 20. The topological polar surface area (TPSA) is 192 Å². The number of amides is 2. The number of unbranched alkanes of at least 4 members (excludes halogenated alkanes) is 2. The Morgan fingerprint density at radius 2 is 1.67 bits per heavy atom. The quantitative estimate of drug-likeness (QED) is 0.0332. The molecule has 0 unspecified atom stereocenters. The minimum atomic E-state index is -1.68. The van der Waals surface area contributed by atoms with Gasteiger partial charge in [0.15, 0.2) is 0 Å². The minimum absolute atomic E-state index is 0.00117. The Morgan fingerprint density at radius 1 is 0.955 bits per heavy atom. The number of nitrogens with zero attached hydrogens (tertiary/aromatic N) is 3. The molecule has 66 heavy (non-hydrogen) atoms. The van der Waals surface area contributed by atoms with Gasteiger partial charge in [0.05, 0.1) is 23.2 Å². The average molecular weight is 907 g/mol. The lowest BCUT2D eigenvalue weighted by Gasteiger charge is -2.59. The molecule has 4 aromatic carbocycles. The second-order valence-electron chi connectivity index (χ2n) is 16.6. The lowest BCUT2D eigenvalue weighted by molar-refractivity contribution is -0.384. The van der Waals surface area contributed by atoms with Crippen molar-refractivity contribution in [2.24, 2.45) is 22.9 Å². The number of nitro benzene ring substituents is 1. The maximum Gasteiger partial charge on any atom is 0.416 e. The summed E-state index contributed by atoms with van der Waals surface area (Å²) in [4.78, 5) is 46.0. The molecule has 15 nitrogen and oxygen atoms in total. The molecule has 3 aliphatic rings. The fourth-order valence-corrected chi connectivity index (χ4v) is 9.62. The SMILES string of the molecule is C=CCO[C@@]12Oc3ccc(OC(=O)NCc4ccccc4)cc3[C@H]3[C@H](CCCCO)[C@@H](CCCCO)C=C(C(=NOC)C[C@@H]1N(Cc1ccc(F)cc1)C(=O)Oc1ccc([N+](=O)[O-])cc1)[C@H]32. The molecule has 7 rings (SSSR count). The number of halogens is 1. The van der Waals surface area contributed by atoms with Crippen molar-refractivity contribution in [3.8, 4) is 17.2 Å². The summed E-state index contributed by atoms with van der Waals surface area (Å²) in [5.74, 6) is -2.74. The van der Waals surface area contributed by atoms with Crippen LogP contribution in [0.15, 0.2) is 127 Å². The summed E-state index contributed by atoms with van der Waals surface area (Å²) < 4.78 is 40.4. The highest BCUT2D eigenvalue weighted by Crippen LogP contribution is 2.62. The maximum atomic E-state index is 14.9. The Balaban J connectivity index is 1.39. The molecule has 0 aromatic heterocycles. The van der Waals surface area contributed by atoms with Gasteiger partial charge in [-0.2, -0.15) is 0 Å². The van der Waals surface area contributed by atoms with Crippen LogP contribution in [0.3, 0.4) is 0 Å². The third kappa shape index (κ3) is 10.7. The number of nitro groups is 1. The van der Waals surface area contributed by atoms with E-state index >= 15 is 0 Å². The summed E-state index contributed by atoms with van der Waals surface area (Å²) in [6.07, 6.45) is 6.24. The van der Waals surface area contributed by atoms with Crippen LogP contribution in [0.1, 0.15) is 67.6 Å². The van der Waals surface area contributed by atoms with Crippen molar-refractivity contribution < 1.29 is 52.9 Å². The number of hydrogen-bond acceptors (Lipinski definition) is 12. The number of carbonyl (C=O) groups is 2. The number of allylic oxidation sites excluding steroid dienone is 1. The zero-order valence-corrected chi connectivity index (χ0v) is 36.8. The first-order valence-corrected chi connectivity index (χ1v) is 22.2. The van der Waals surface area contributed by atoms with Gasteiger partial charge in [-0.05, 0) is 96.7 Å². The molecule has 0 saturated heterocycles. The fraction of sp³-hybridized carbons (Fsp3) is 0.380. The van der Waals surface area contributed by atoms with Crippen molar-refractivity contribution in [3.63, 3.8) is 0 Å². The van der Waals surface area contributed by atoms with Gasteiger partial charge in [-0.3, -0.25) is 15.0 Å². The van der Waals surface area contributed by atoms with Crippen LogP contribution in [0.5, 0.6) is 17.2 Å². The normalized spacial score (nSPS) is 22.2. The standard InChI is InChI=1S/C50H55FN4O11/c1-3-27-63-50-45(54(32-34-15-17-36(51)18-16-34)49(59)65-38-21-19-37(20-22-38)55(60)61)30-43(53-62-2)41-28-35(13-7-9-25-56)40(14-8-10-26-57)46(47(41)50)42-29-39(23-24-44(42)66-50)64-48(58)52-31-33-11-5-4-6-12-33/h3-6,11-12,15-24,28-29,35,40,45-47,56-57H,1,7-10,13-14,25-27,30-32H2,2H3,(H,52,58)/t35-,40+,45-,46+,47+,50+/m0/s1. The second kappa shape index (κ2) is 22.0. The summed E-state index contributed by atoms with van der Waals surface area (Å²) in [6, 6.07) is 24.4. The summed E-state index contributed by atoms with van der Waals surface area (Å²) in [5, 5.41) is 38.7. The van der Waals surface area contributed by atoms with E-state index in [-0.39, 0.29) is 68.4 Å². The monoisotopic (exact) mass is 906 g/mol. The van der Waals surface area contributed by atoms with E-state index in [0.717, 1.165) is 23.1 Å². The number of fused-ring (bicyclic) bond motifs is 2. The summed E-state index contributed by atoms with van der Waals surface area (Å²) >= 11 is 0. The summed E-state index contributed by atoms with van der Waals surface area (Å²) in [7, 11) is 1.44. The number of carbonyl (C=O) groups excluding carboxylic acids is 2. The highest BCUT2D eigenvalue weighted by molar-refractivity contribution is 6.03. The molecule has 348 valence electrons. The van der Waals surface area contributed by atoms with Gasteiger partial charge in [0.1, 0.15) is 36.2 Å². The summed E-state index contributed by atoms with van der Waals surface area (Å²) in [6.45, 7) is 4.12. The van der Waals surface area contributed by atoms with Crippen molar-refractivity contribution in [2.75, 3.05) is 26.9 Å². The van der Waals surface area contributed by atoms with Gasteiger partial charge < -0.3 is 39.3 Å². The van der Waals surface area contributed by atoms with Crippen molar-refractivity contribution in [1.82, 2.24) is 10.2 Å². The van der Waals surface area contributed by atoms with E-state index in [1.54, 1.807) is 30.3 Å². The van der Waals surface area contributed by atoms with Crippen molar-refractivity contribution >= 4 is 23.6 Å². The molecule has 16 heteroatoms. The largest absolute Gasteiger partial charge is 0.459 e. The number of ether oxygens (including phenoxy) is 4. The third-order valence-electron chi connectivity index (χ3n) is 12.5. The summed E-state index contributed by atoms with van der Waals surface area (Å²) in [5.41, 5.74) is 3.28. The molecule has 2 aliphatic carbocycles. The van der Waals surface area contributed by atoms with Crippen LogP contribution >= 0.6 is 0 Å². The van der Waals surface area contributed by atoms with Gasteiger partial charge >= 0.3 is 12.2 Å². The Bertz CT molecular complexity index is 2380. The lowest BCUT2D eigenvalue weighted by atomic mass is 9.55. The highest BCUT2D eigenvalue weighted by atomic mass is 19.1. The van der Waals surface area contributed by atoms with E-state index < -0.39 is 46.6 Å². The van der Waals surface area contributed by atoms with Gasteiger partial charge in [-0.25, -0.2) is 14.0 Å². The molecule has 3 N–H and O–H groups in total. The van der Waals surface area contributed by atoms with Gasteiger partial charge in [-0.1, -0.05) is 72.6 Å². The first-order chi connectivity index (χ1) is 32.1. The average Bonchev–Trinajstić information content (AvgIpc) is 3.32. The molecule has 1 aliphatic heterocycles. The Kier molecular flexibility index (Phi) is 15.8. The third-order valence-corrected chi connectivity index (χ3v) is 12.5.